The van der Waals surface area contributed by atoms with Gasteiger partial charge in [0.05, 0.1) is 11.5 Å². The zero-order valence-corrected chi connectivity index (χ0v) is 11.0. The molecule has 110 valence electrons. The number of rotatable bonds is 4. The molecule has 21 heavy (non-hydrogen) atoms. The number of carboxylic acids is 1. The number of hydrogen-bond donors (Lipinski definition) is 1. The molecule has 0 radical (unpaired) electrons. The van der Waals surface area contributed by atoms with E-state index in [0.717, 1.165) is 17.7 Å². The van der Waals surface area contributed by atoms with Crippen molar-refractivity contribution in [3.63, 3.8) is 0 Å². The van der Waals surface area contributed by atoms with E-state index in [1.54, 1.807) is 30.3 Å². The SMILES string of the molecule is O=C(O)C(Cc1ccccc1)c1cccc(C(F)(F)F)c1. The van der Waals surface area contributed by atoms with Gasteiger partial charge in [0.1, 0.15) is 0 Å². The van der Waals surface area contributed by atoms with Crippen molar-refractivity contribution < 1.29 is 23.1 Å². The van der Waals surface area contributed by atoms with E-state index in [2.05, 4.69) is 0 Å². The van der Waals surface area contributed by atoms with Crippen LogP contribution < -0.4 is 0 Å². The van der Waals surface area contributed by atoms with Crippen LogP contribution in [0.15, 0.2) is 54.6 Å². The minimum absolute atomic E-state index is 0.150. The highest BCUT2D eigenvalue weighted by Gasteiger charge is 2.31. The van der Waals surface area contributed by atoms with Gasteiger partial charge in [0.25, 0.3) is 0 Å². The molecule has 0 heterocycles. The topological polar surface area (TPSA) is 37.3 Å². The number of aliphatic carboxylic acids is 1. The molecule has 0 aliphatic heterocycles. The first kappa shape index (κ1) is 15.1. The molecule has 0 aliphatic rings. The van der Waals surface area contributed by atoms with Crippen LogP contribution in [0.5, 0.6) is 0 Å². The van der Waals surface area contributed by atoms with Crippen LogP contribution in [0.2, 0.25) is 0 Å². The Bertz CT molecular complexity index is 621. The smallest absolute Gasteiger partial charge is 0.416 e. The molecule has 5 heteroatoms. The van der Waals surface area contributed by atoms with Crippen LogP contribution in [0.25, 0.3) is 0 Å². The summed E-state index contributed by atoms with van der Waals surface area (Å²) in [7, 11) is 0. The Morgan fingerprint density at radius 1 is 1.05 bits per heavy atom. The van der Waals surface area contributed by atoms with Crippen molar-refractivity contribution in [2.45, 2.75) is 18.5 Å². The highest BCUT2D eigenvalue weighted by Crippen LogP contribution is 2.32. The average molecular weight is 294 g/mol. The molecule has 0 spiro atoms. The lowest BCUT2D eigenvalue weighted by Gasteiger charge is -2.15. The summed E-state index contributed by atoms with van der Waals surface area (Å²) in [6.45, 7) is 0. The normalized spacial score (nSPS) is 12.9. The molecule has 2 aromatic carbocycles. The van der Waals surface area contributed by atoms with Gasteiger partial charge in [-0.3, -0.25) is 4.79 Å². The van der Waals surface area contributed by atoms with Crippen molar-refractivity contribution in [1.82, 2.24) is 0 Å². The highest BCUT2D eigenvalue weighted by molar-refractivity contribution is 5.76. The van der Waals surface area contributed by atoms with Crippen LogP contribution >= 0.6 is 0 Å². The summed E-state index contributed by atoms with van der Waals surface area (Å²) < 4.78 is 38.1. The third kappa shape index (κ3) is 3.84. The van der Waals surface area contributed by atoms with Crippen molar-refractivity contribution in [3.8, 4) is 0 Å². The zero-order valence-electron chi connectivity index (χ0n) is 11.0. The predicted molar refractivity (Wildman–Crippen MR) is 72.0 cm³/mol. The summed E-state index contributed by atoms with van der Waals surface area (Å²) in [5.41, 5.74) is 0.0859. The van der Waals surface area contributed by atoms with E-state index in [1.165, 1.54) is 12.1 Å². The van der Waals surface area contributed by atoms with E-state index in [4.69, 9.17) is 0 Å². The zero-order chi connectivity index (χ0) is 15.5. The van der Waals surface area contributed by atoms with E-state index < -0.39 is 23.6 Å². The highest BCUT2D eigenvalue weighted by atomic mass is 19.4. The molecule has 0 bridgehead atoms. The van der Waals surface area contributed by atoms with Crippen LogP contribution in [0.1, 0.15) is 22.6 Å². The van der Waals surface area contributed by atoms with Crippen LogP contribution in [0.3, 0.4) is 0 Å². The second kappa shape index (κ2) is 5.99. The largest absolute Gasteiger partial charge is 0.481 e. The lowest BCUT2D eigenvalue weighted by molar-refractivity contribution is -0.140. The van der Waals surface area contributed by atoms with Crippen molar-refractivity contribution in [1.29, 1.82) is 0 Å². The summed E-state index contributed by atoms with van der Waals surface area (Å²) in [6, 6.07) is 13.3. The molecular formula is C16H13F3O2. The molecule has 0 aliphatic carbocycles. The van der Waals surface area contributed by atoms with Gasteiger partial charge < -0.3 is 5.11 Å². The van der Waals surface area contributed by atoms with Gasteiger partial charge in [-0.1, -0.05) is 48.5 Å². The lowest BCUT2D eigenvalue weighted by atomic mass is 9.91. The summed E-state index contributed by atoms with van der Waals surface area (Å²) in [5, 5.41) is 9.30. The fraction of sp³-hybridized carbons (Fsp3) is 0.188. The quantitative estimate of drug-likeness (QED) is 0.921. The minimum Gasteiger partial charge on any atom is -0.481 e. The van der Waals surface area contributed by atoms with Crippen molar-refractivity contribution in [2.75, 3.05) is 0 Å². The maximum Gasteiger partial charge on any atom is 0.416 e. The summed E-state index contributed by atoms with van der Waals surface area (Å²) in [5.74, 6) is -2.15. The number of hydrogen-bond acceptors (Lipinski definition) is 1. The molecule has 2 nitrogen and oxygen atoms in total. The van der Waals surface area contributed by atoms with Gasteiger partial charge in [0, 0.05) is 0 Å². The second-order valence-electron chi connectivity index (χ2n) is 4.70. The minimum atomic E-state index is -4.48. The van der Waals surface area contributed by atoms with E-state index in [0.29, 0.717) is 0 Å². The lowest BCUT2D eigenvalue weighted by Crippen LogP contribution is -2.15. The Kier molecular flexibility index (Phi) is 4.31. The first-order valence-electron chi connectivity index (χ1n) is 6.32. The van der Waals surface area contributed by atoms with Gasteiger partial charge in [0.2, 0.25) is 0 Å². The molecule has 0 amide bonds. The van der Waals surface area contributed by atoms with Gasteiger partial charge in [-0.15, -0.1) is 0 Å². The van der Waals surface area contributed by atoms with Crippen LogP contribution in [-0.2, 0) is 17.4 Å². The summed E-state index contributed by atoms with van der Waals surface area (Å²) in [6.07, 6.45) is -4.33. The van der Waals surface area contributed by atoms with Crippen LogP contribution in [0, 0.1) is 0 Å². The first-order chi connectivity index (χ1) is 9.88. The molecular weight excluding hydrogens is 281 g/mol. The van der Waals surface area contributed by atoms with Gasteiger partial charge >= 0.3 is 12.1 Å². The van der Waals surface area contributed by atoms with E-state index >= 15 is 0 Å². The van der Waals surface area contributed by atoms with Gasteiger partial charge in [-0.2, -0.15) is 13.2 Å². The molecule has 0 aromatic heterocycles. The van der Waals surface area contributed by atoms with Crippen LogP contribution in [-0.4, -0.2) is 11.1 Å². The fourth-order valence-electron chi connectivity index (χ4n) is 2.13. The second-order valence-corrected chi connectivity index (χ2v) is 4.70. The monoisotopic (exact) mass is 294 g/mol. The van der Waals surface area contributed by atoms with Gasteiger partial charge in [-0.25, -0.2) is 0 Å². The maximum absolute atomic E-state index is 12.7. The third-order valence-corrected chi connectivity index (χ3v) is 3.20. The Balaban J connectivity index is 2.33. The average Bonchev–Trinajstić information content (AvgIpc) is 2.45. The number of carbonyl (C=O) groups is 1. The molecule has 1 unspecified atom stereocenters. The van der Waals surface area contributed by atoms with Crippen molar-refractivity contribution >= 4 is 5.97 Å². The molecule has 1 atom stereocenters. The standard InChI is InChI=1S/C16H13F3O2/c17-16(18,19)13-8-4-7-12(10-13)14(15(20)21)9-11-5-2-1-3-6-11/h1-8,10,14H,9H2,(H,20,21). The predicted octanol–water partition coefficient (Wildman–Crippen LogP) is 4.12. The third-order valence-electron chi connectivity index (χ3n) is 3.20. The number of carboxylic acid groups (broad SMARTS) is 1. The summed E-state index contributed by atoms with van der Waals surface area (Å²) >= 11 is 0. The molecule has 2 aromatic rings. The van der Waals surface area contributed by atoms with Crippen molar-refractivity contribution in [2.24, 2.45) is 0 Å². The Morgan fingerprint density at radius 2 is 1.71 bits per heavy atom. The number of halogens is 3. The van der Waals surface area contributed by atoms with E-state index in [-0.39, 0.29) is 12.0 Å². The maximum atomic E-state index is 12.7. The molecule has 1 N–H and O–H groups in total. The molecule has 0 saturated carbocycles. The Morgan fingerprint density at radius 3 is 2.29 bits per heavy atom. The van der Waals surface area contributed by atoms with Gasteiger partial charge in [-0.05, 0) is 23.6 Å². The molecule has 2 rings (SSSR count). The van der Waals surface area contributed by atoms with Crippen molar-refractivity contribution in [3.05, 3.63) is 71.3 Å². The van der Waals surface area contributed by atoms with E-state index in [9.17, 15) is 23.1 Å². The molecule has 0 fully saturated rings. The Hall–Kier alpha value is -2.30. The first-order valence-corrected chi connectivity index (χ1v) is 6.32. The number of benzene rings is 2. The fourth-order valence-corrected chi connectivity index (χ4v) is 2.13. The summed E-state index contributed by atoms with van der Waals surface area (Å²) in [4.78, 5) is 11.4. The molecule has 0 saturated heterocycles. The number of alkyl halides is 3. The Labute approximate surface area is 119 Å². The van der Waals surface area contributed by atoms with Crippen LogP contribution in [0.4, 0.5) is 13.2 Å². The van der Waals surface area contributed by atoms with Gasteiger partial charge in [0.15, 0.2) is 0 Å². The van der Waals surface area contributed by atoms with E-state index in [1.807, 2.05) is 0 Å².